The first kappa shape index (κ1) is 22.7. The van der Waals surface area contributed by atoms with Gasteiger partial charge < -0.3 is 19.7 Å². The topological polar surface area (TPSA) is 65.6 Å². The van der Waals surface area contributed by atoms with Gasteiger partial charge in [0.05, 0.1) is 19.3 Å². The standard InChI is InChI=1S/C20H26N2O3.C2H6/c1-3-19(23)15-25-13-12-22(2)18-9-6-16(7-10-18)4-5-17-8-11-20(24)21-14-17;1-2/h4-11,14,19,23H,3,12-13,15H2,1-2H3,(H,21,24);1-2H3/b5-4+;. The first-order valence-corrected chi connectivity index (χ1v) is 9.52. The number of hydrogen-bond acceptors (Lipinski definition) is 4. The normalized spacial score (nSPS) is 11.7. The van der Waals surface area contributed by atoms with Crippen LogP contribution in [0.1, 0.15) is 38.3 Å². The number of aliphatic hydroxyl groups is 1. The molecule has 0 fully saturated rings. The van der Waals surface area contributed by atoms with Gasteiger partial charge in [0.2, 0.25) is 5.56 Å². The maximum absolute atomic E-state index is 11.0. The number of likely N-dealkylation sites (N-methyl/N-ethyl adjacent to an activating group) is 1. The van der Waals surface area contributed by atoms with E-state index in [9.17, 15) is 9.90 Å². The van der Waals surface area contributed by atoms with Gasteiger partial charge in [0, 0.05) is 31.5 Å². The van der Waals surface area contributed by atoms with E-state index in [1.54, 1.807) is 12.3 Å². The van der Waals surface area contributed by atoms with E-state index in [4.69, 9.17) is 4.74 Å². The van der Waals surface area contributed by atoms with Crippen LogP contribution in [0.15, 0.2) is 47.4 Å². The Kier molecular flexibility index (Phi) is 10.8. The van der Waals surface area contributed by atoms with Crippen LogP contribution < -0.4 is 10.5 Å². The van der Waals surface area contributed by atoms with Crippen molar-refractivity contribution in [2.75, 3.05) is 31.7 Å². The summed E-state index contributed by atoms with van der Waals surface area (Å²) >= 11 is 0. The maximum Gasteiger partial charge on any atom is 0.247 e. The molecule has 0 bridgehead atoms. The second-order valence-electron chi connectivity index (χ2n) is 5.97. The van der Waals surface area contributed by atoms with E-state index in [0.717, 1.165) is 23.4 Å². The fraction of sp³-hybridized carbons (Fsp3) is 0.409. The van der Waals surface area contributed by atoms with Crippen LogP contribution in [0, 0.1) is 0 Å². The Morgan fingerprint density at radius 1 is 1.11 bits per heavy atom. The van der Waals surface area contributed by atoms with Crippen LogP contribution in [0.5, 0.6) is 0 Å². The number of ether oxygens (including phenoxy) is 1. The van der Waals surface area contributed by atoms with Crippen molar-refractivity contribution >= 4 is 17.8 Å². The van der Waals surface area contributed by atoms with Crippen LogP contribution in [0.2, 0.25) is 0 Å². The molecule has 0 aliphatic heterocycles. The molecule has 0 aliphatic carbocycles. The van der Waals surface area contributed by atoms with Crippen molar-refractivity contribution in [1.29, 1.82) is 0 Å². The minimum absolute atomic E-state index is 0.0993. The molecule has 1 atom stereocenters. The number of benzene rings is 1. The van der Waals surface area contributed by atoms with Crippen molar-refractivity contribution in [2.45, 2.75) is 33.3 Å². The van der Waals surface area contributed by atoms with E-state index in [2.05, 4.69) is 34.1 Å². The summed E-state index contributed by atoms with van der Waals surface area (Å²) in [7, 11) is 2.02. The molecule has 1 heterocycles. The number of H-pyrrole nitrogens is 1. The Hall–Kier alpha value is -2.37. The molecule has 0 radical (unpaired) electrons. The number of nitrogens with one attached hydrogen (secondary N) is 1. The van der Waals surface area contributed by atoms with Crippen molar-refractivity contribution in [1.82, 2.24) is 4.98 Å². The third-order valence-corrected chi connectivity index (χ3v) is 3.96. The van der Waals surface area contributed by atoms with Gasteiger partial charge in [0.1, 0.15) is 0 Å². The van der Waals surface area contributed by atoms with Gasteiger partial charge in [-0.3, -0.25) is 4.79 Å². The summed E-state index contributed by atoms with van der Waals surface area (Å²) in [4.78, 5) is 15.8. The van der Waals surface area contributed by atoms with Crippen LogP contribution in [-0.4, -0.2) is 43.0 Å². The molecule has 5 heteroatoms. The summed E-state index contributed by atoms with van der Waals surface area (Å²) < 4.78 is 5.47. The number of rotatable bonds is 9. The molecule has 1 aromatic carbocycles. The maximum atomic E-state index is 11.0. The Labute approximate surface area is 162 Å². The van der Waals surface area contributed by atoms with E-state index in [0.29, 0.717) is 19.6 Å². The fourth-order valence-corrected chi connectivity index (χ4v) is 2.23. The summed E-state index contributed by atoms with van der Waals surface area (Å²) in [5.74, 6) is 0. The van der Waals surface area contributed by atoms with Crippen LogP contribution in [0.25, 0.3) is 12.2 Å². The summed E-state index contributed by atoms with van der Waals surface area (Å²) in [5.41, 5.74) is 3.05. The Morgan fingerprint density at radius 3 is 2.33 bits per heavy atom. The molecular formula is C22H32N2O3. The highest BCUT2D eigenvalue weighted by Gasteiger charge is 2.03. The predicted molar refractivity (Wildman–Crippen MR) is 114 cm³/mol. The van der Waals surface area contributed by atoms with Gasteiger partial charge in [0.25, 0.3) is 0 Å². The monoisotopic (exact) mass is 372 g/mol. The molecule has 2 rings (SSSR count). The summed E-state index contributed by atoms with van der Waals surface area (Å²) in [6.45, 7) is 7.68. The zero-order valence-electron chi connectivity index (χ0n) is 16.8. The quantitative estimate of drug-likeness (QED) is 0.657. The Balaban J connectivity index is 0.00000176. The highest BCUT2D eigenvalue weighted by Crippen LogP contribution is 2.15. The minimum atomic E-state index is -0.376. The second kappa shape index (κ2) is 12.9. The van der Waals surface area contributed by atoms with Crippen molar-refractivity contribution in [3.05, 3.63) is 64.1 Å². The first-order chi connectivity index (χ1) is 13.1. The molecule has 5 nitrogen and oxygen atoms in total. The first-order valence-electron chi connectivity index (χ1n) is 9.52. The number of aromatic amines is 1. The minimum Gasteiger partial charge on any atom is -0.391 e. The number of pyridine rings is 1. The average Bonchev–Trinajstić information content (AvgIpc) is 2.72. The summed E-state index contributed by atoms with van der Waals surface area (Å²) in [6.07, 6.45) is 5.99. The Bertz CT molecular complexity index is 703. The van der Waals surface area contributed by atoms with Gasteiger partial charge in [-0.05, 0) is 35.7 Å². The molecule has 27 heavy (non-hydrogen) atoms. The highest BCUT2D eigenvalue weighted by atomic mass is 16.5. The van der Waals surface area contributed by atoms with Gasteiger partial charge in [-0.25, -0.2) is 0 Å². The number of aliphatic hydroxyl groups excluding tert-OH is 1. The molecule has 148 valence electrons. The van der Waals surface area contributed by atoms with E-state index in [1.165, 1.54) is 6.07 Å². The molecular weight excluding hydrogens is 340 g/mol. The lowest BCUT2D eigenvalue weighted by atomic mass is 10.1. The SMILES string of the molecule is CC.CCC(O)COCCN(C)c1ccc(/C=C/c2ccc(=O)[nH]c2)cc1. The molecule has 0 aliphatic rings. The number of hydrogen-bond donors (Lipinski definition) is 2. The lowest BCUT2D eigenvalue weighted by Crippen LogP contribution is -2.24. The van der Waals surface area contributed by atoms with Crippen molar-refractivity contribution in [2.24, 2.45) is 0 Å². The lowest BCUT2D eigenvalue weighted by molar-refractivity contribution is 0.0382. The third-order valence-electron chi connectivity index (χ3n) is 3.96. The molecule has 0 saturated heterocycles. The van der Waals surface area contributed by atoms with Gasteiger partial charge in [-0.15, -0.1) is 0 Å². The van der Waals surface area contributed by atoms with E-state index in [-0.39, 0.29) is 11.7 Å². The summed E-state index contributed by atoms with van der Waals surface area (Å²) in [5, 5.41) is 9.45. The van der Waals surface area contributed by atoms with Gasteiger partial charge in [-0.1, -0.05) is 45.1 Å². The van der Waals surface area contributed by atoms with Crippen LogP contribution in [0.3, 0.4) is 0 Å². The van der Waals surface area contributed by atoms with E-state index in [1.807, 2.05) is 40.0 Å². The smallest absolute Gasteiger partial charge is 0.247 e. The van der Waals surface area contributed by atoms with Gasteiger partial charge >= 0.3 is 0 Å². The third kappa shape index (κ3) is 8.71. The molecule has 0 spiro atoms. The lowest BCUT2D eigenvalue weighted by Gasteiger charge is -2.20. The molecule has 0 saturated carbocycles. The van der Waals surface area contributed by atoms with Crippen molar-refractivity contribution < 1.29 is 9.84 Å². The zero-order chi connectivity index (χ0) is 20.1. The summed E-state index contributed by atoms with van der Waals surface area (Å²) in [6, 6.07) is 11.5. The molecule has 2 N–H and O–H groups in total. The predicted octanol–water partition coefficient (Wildman–Crippen LogP) is 3.80. The van der Waals surface area contributed by atoms with Gasteiger partial charge in [0.15, 0.2) is 0 Å². The molecule has 2 aromatic rings. The van der Waals surface area contributed by atoms with Crippen LogP contribution in [-0.2, 0) is 4.74 Å². The highest BCUT2D eigenvalue weighted by molar-refractivity contribution is 5.70. The van der Waals surface area contributed by atoms with Crippen molar-refractivity contribution in [3.63, 3.8) is 0 Å². The largest absolute Gasteiger partial charge is 0.391 e. The number of nitrogens with zero attached hydrogens (tertiary/aromatic N) is 1. The zero-order valence-corrected chi connectivity index (χ0v) is 16.8. The Morgan fingerprint density at radius 2 is 1.74 bits per heavy atom. The number of aromatic nitrogens is 1. The molecule has 1 unspecified atom stereocenters. The van der Waals surface area contributed by atoms with E-state index >= 15 is 0 Å². The average molecular weight is 373 g/mol. The molecule has 0 amide bonds. The fourth-order valence-electron chi connectivity index (χ4n) is 2.23. The van der Waals surface area contributed by atoms with Gasteiger partial charge in [-0.2, -0.15) is 0 Å². The van der Waals surface area contributed by atoms with Crippen molar-refractivity contribution in [3.8, 4) is 0 Å². The van der Waals surface area contributed by atoms with E-state index < -0.39 is 0 Å². The van der Waals surface area contributed by atoms with Crippen LogP contribution in [0.4, 0.5) is 5.69 Å². The molecule has 1 aromatic heterocycles. The van der Waals surface area contributed by atoms with Crippen LogP contribution >= 0.6 is 0 Å². The second-order valence-corrected chi connectivity index (χ2v) is 5.97. The number of anilines is 1.